The lowest BCUT2D eigenvalue weighted by atomic mass is 9.96. The van der Waals surface area contributed by atoms with Gasteiger partial charge in [0.2, 0.25) is 0 Å². The van der Waals surface area contributed by atoms with Gasteiger partial charge in [0.05, 0.1) is 7.41 Å². The Kier molecular flexibility index (Phi) is 4.02. The third-order valence-corrected chi connectivity index (χ3v) is 6.97. The summed E-state index contributed by atoms with van der Waals surface area (Å²) in [5.41, 5.74) is 8.90. The molecule has 0 radical (unpaired) electrons. The predicted molar refractivity (Wildman–Crippen MR) is 121 cm³/mol. The first-order chi connectivity index (χ1) is 14.3. The van der Waals surface area contributed by atoms with Gasteiger partial charge in [-0.15, -0.1) is 0 Å². The van der Waals surface area contributed by atoms with Crippen LogP contribution in [0.25, 0.3) is 0 Å². The summed E-state index contributed by atoms with van der Waals surface area (Å²) in [5.74, 6) is 0. The fourth-order valence-corrected chi connectivity index (χ4v) is 5.64. The maximum atomic E-state index is 9.51. The van der Waals surface area contributed by atoms with Crippen LogP contribution in [0.5, 0.6) is 0 Å². The maximum absolute atomic E-state index is 9.51. The molecule has 5 rings (SSSR count). The van der Waals surface area contributed by atoms with Gasteiger partial charge in [-0.05, 0) is 74.1 Å². The van der Waals surface area contributed by atoms with Crippen molar-refractivity contribution in [1.82, 2.24) is 4.90 Å². The minimum absolute atomic E-state index is 0.0159. The van der Waals surface area contributed by atoms with Crippen molar-refractivity contribution in [3.05, 3.63) is 100 Å². The van der Waals surface area contributed by atoms with E-state index in [1.165, 1.54) is 33.5 Å². The van der Waals surface area contributed by atoms with Gasteiger partial charge in [0.25, 0.3) is 0 Å². The zero-order valence-electron chi connectivity index (χ0n) is 19.0. The molecular formula is C27H30N2. The summed E-state index contributed by atoms with van der Waals surface area (Å²) in [4.78, 5) is 5.02. The molecule has 1 saturated heterocycles. The SMILES string of the molecule is [2H]C1(C)c2ccccc2C2[C@H](C)N(c3ccccc3C)C(c3c(C)cccc3C)N21. The normalized spacial score (nSPS) is 28.9. The Morgan fingerprint density at radius 1 is 0.724 bits per heavy atom. The Morgan fingerprint density at radius 3 is 2.00 bits per heavy atom. The zero-order chi connectivity index (χ0) is 21.2. The van der Waals surface area contributed by atoms with E-state index in [1.54, 1.807) is 0 Å². The molecule has 2 heteroatoms. The molecule has 3 unspecified atom stereocenters. The number of rotatable bonds is 2. The van der Waals surface area contributed by atoms with E-state index in [1.807, 2.05) is 0 Å². The molecule has 0 spiro atoms. The number of fused-ring (bicyclic) bond motifs is 3. The lowest BCUT2D eigenvalue weighted by Gasteiger charge is -2.37. The van der Waals surface area contributed by atoms with E-state index in [4.69, 9.17) is 0 Å². The van der Waals surface area contributed by atoms with E-state index >= 15 is 0 Å². The summed E-state index contributed by atoms with van der Waals surface area (Å²) < 4.78 is 9.51. The summed E-state index contributed by atoms with van der Waals surface area (Å²) in [6, 6.07) is 23.5. The molecule has 2 nitrogen and oxygen atoms in total. The average Bonchev–Trinajstić information content (AvgIpc) is 3.14. The van der Waals surface area contributed by atoms with E-state index in [-0.39, 0.29) is 18.2 Å². The highest BCUT2D eigenvalue weighted by molar-refractivity contribution is 5.60. The van der Waals surface area contributed by atoms with Crippen LogP contribution < -0.4 is 4.90 Å². The Hall–Kier alpha value is -2.58. The van der Waals surface area contributed by atoms with Crippen molar-refractivity contribution in [2.45, 2.75) is 58.9 Å². The second kappa shape index (κ2) is 6.74. The molecule has 3 aromatic rings. The monoisotopic (exact) mass is 383 g/mol. The van der Waals surface area contributed by atoms with Crippen LogP contribution in [0.4, 0.5) is 5.69 Å². The van der Waals surface area contributed by atoms with Gasteiger partial charge in [-0.3, -0.25) is 4.90 Å². The molecule has 0 N–H and O–H groups in total. The van der Waals surface area contributed by atoms with Crippen molar-refractivity contribution in [1.29, 1.82) is 0 Å². The van der Waals surface area contributed by atoms with Crippen molar-refractivity contribution < 1.29 is 1.37 Å². The summed E-state index contributed by atoms with van der Waals surface area (Å²) in [6.45, 7) is 11.0. The van der Waals surface area contributed by atoms with Crippen LogP contribution >= 0.6 is 0 Å². The highest BCUT2D eigenvalue weighted by atomic mass is 15.5. The number of aryl methyl sites for hydroxylation is 3. The maximum Gasteiger partial charge on any atom is 0.110 e. The highest BCUT2D eigenvalue weighted by Gasteiger charge is 2.53. The molecule has 0 saturated carbocycles. The van der Waals surface area contributed by atoms with Crippen molar-refractivity contribution in [3.63, 3.8) is 0 Å². The molecule has 29 heavy (non-hydrogen) atoms. The van der Waals surface area contributed by atoms with Crippen molar-refractivity contribution in [2.75, 3.05) is 4.90 Å². The van der Waals surface area contributed by atoms with E-state index < -0.39 is 6.02 Å². The van der Waals surface area contributed by atoms with Gasteiger partial charge in [0.15, 0.2) is 0 Å². The fraction of sp³-hybridized carbons (Fsp3) is 0.333. The Labute approximate surface area is 176 Å². The number of hydrogen-bond donors (Lipinski definition) is 0. The lowest BCUT2D eigenvalue weighted by Crippen LogP contribution is -2.35. The van der Waals surface area contributed by atoms with Gasteiger partial charge >= 0.3 is 0 Å². The molecule has 2 aliphatic heterocycles. The zero-order valence-corrected chi connectivity index (χ0v) is 18.0. The molecule has 4 atom stereocenters. The third kappa shape index (κ3) is 2.59. The van der Waals surface area contributed by atoms with E-state index in [0.29, 0.717) is 0 Å². The lowest BCUT2D eigenvalue weighted by molar-refractivity contribution is 0.161. The van der Waals surface area contributed by atoms with Crippen molar-refractivity contribution in [2.24, 2.45) is 0 Å². The van der Waals surface area contributed by atoms with Crippen molar-refractivity contribution in [3.8, 4) is 0 Å². The first-order valence-electron chi connectivity index (χ1n) is 11.1. The first kappa shape index (κ1) is 17.3. The summed E-state index contributed by atoms with van der Waals surface area (Å²) in [6.07, 6.45) is 0.0159. The van der Waals surface area contributed by atoms with Crippen LogP contribution in [0, 0.1) is 20.8 Å². The Balaban J connectivity index is 1.80. The molecule has 2 heterocycles. The van der Waals surface area contributed by atoms with Gasteiger partial charge < -0.3 is 4.90 Å². The number of benzene rings is 3. The topological polar surface area (TPSA) is 6.48 Å². The number of para-hydroxylation sites is 1. The number of anilines is 1. The Bertz CT molecular complexity index is 1100. The fourth-order valence-electron chi connectivity index (χ4n) is 5.64. The van der Waals surface area contributed by atoms with Crippen LogP contribution in [-0.2, 0) is 0 Å². The standard InChI is InChI=1S/C27H30N2/c1-17-11-6-9-16-24(17)28-21(5)26-23-15-8-7-14-22(23)20(4)29(26)27(28)25-18(2)12-10-13-19(25)3/h6-16,20-21,26-27H,1-5H3/t20?,21-,26?,27?/m0/s1/i20D. The summed E-state index contributed by atoms with van der Waals surface area (Å²) in [7, 11) is 0. The van der Waals surface area contributed by atoms with Crippen LogP contribution in [0.2, 0.25) is 0 Å². The second-order valence-corrected chi connectivity index (χ2v) is 8.64. The molecule has 3 aromatic carbocycles. The molecule has 2 aliphatic rings. The number of hydrogen-bond acceptors (Lipinski definition) is 2. The smallest absolute Gasteiger partial charge is 0.110 e. The molecule has 0 aliphatic carbocycles. The molecule has 0 aromatic heterocycles. The minimum Gasteiger partial charge on any atom is -0.347 e. The largest absolute Gasteiger partial charge is 0.347 e. The molecule has 0 bridgehead atoms. The van der Waals surface area contributed by atoms with Gasteiger partial charge in [-0.25, -0.2) is 0 Å². The first-order valence-corrected chi connectivity index (χ1v) is 10.6. The van der Waals surface area contributed by atoms with E-state index in [0.717, 1.165) is 5.56 Å². The molecule has 148 valence electrons. The summed E-state index contributed by atoms with van der Waals surface area (Å²) in [5, 5.41) is 0. The van der Waals surface area contributed by atoms with Gasteiger partial charge in [-0.2, -0.15) is 0 Å². The van der Waals surface area contributed by atoms with Crippen molar-refractivity contribution >= 4 is 5.69 Å². The van der Waals surface area contributed by atoms with Crippen LogP contribution in [0.3, 0.4) is 0 Å². The molecule has 1 fully saturated rings. The van der Waals surface area contributed by atoms with Crippen LogP contribution in [0.1, 0.15) is 66.8 Å². The minimum atomic E-state index is -0.785. The van der Waals surface area contributed by atoms with Gasteiger partial charge in [0.1, 0.15) is 6.17 Å². The summed E-state index contributed by atoms with van der Waals surface area (Å²) >= 11 is 0. The predicted octanol–water partition coefficient (Wildman–Crippen LogP) is 6.64. The average molecular weight is 384 g/mol. The second-order valence-electron chi connectivity index (χ2n) is 8.64. The highest BCUT2D eigenvalue weighted by Crippen LogP contribution is 2.57. The van der Waals surface area contributed by atoms with Gasteiger partial charge in [-0.1, -0.05) is 60.7 Å². The van der Waals surface area contributed by atoms with E-state index in [9.17, 15) is 1.37 Å². The Morgan fingerprint density at radius 2 is 1.31 bits per heavy atom. The van der Waals surface area contributed by atoms with Crippen LogP contribution in [-0.4, -0.2) is 10.9 Å². The number of nitrogens with zero attached hydrogens (tertiary/aromatic N) is 2. The van der Waals surface area contributed by atoms with E-state index in [2.05, 4.69) is 111 Å². The quantitative estimate of drug-likeness (QED) is 0.489. The van der Waals surface area contributed by atoms with Crippen LogP contribution in [0.15, 0.2) is 66.7 Å². The molecular weight excluding hydrogens is 352 g/mol. The van der Waals surface area contributed by atoms with Gasteiger partial charge in [0, 0.05) is 17.7 Å². The molecule has 0 amide bonds. The third-order valence-electron chi connectivity index (χ3n) is 6.97.